The molecule has 1 amide bonds. The first-order chi connectivity index (χ1) is 13.4. The maximum Gasteiger partial charge on any atom is 0.264 e. The van der Waals surface area contributed by atoms with Gasteiger partial charge in [-0.05, 0) is 62.1 Å². The third-order valence-corrected chi connectivity index (χ3v) is 6.70. The van der Waals surface area contributed by atoms with Crippen LogP contribution in [-0.2, 0) is 21.2 Å². The van der Waals surface area contributed by atoms with Gasteiger partial charge in [-0.15, -0.1) is 0 Å². The molecule has 2 aromatic rings. The Hall–Kier alpha value is -2.54. The fourth-order valence-corrected chi connectivity index (χ4v) is 4.69. The second kappa shape index (κ2) is 8.65. The Kier molecular flexibility index (Phi) is 6.24. The molecule has 6 nitrogen and oxygen atoms in total. The number of ether oxygens (including phenoxy) is 1. The molecule has 0 saturated carbocycles. The number of benzene rings is 2. The lowest BCUT2D eigenvalue weighted by Crippen LogP contribution is -2.35. The van der Waals surface area contributed by atoms with Gasteiger partial charge in [0.25, 0.3) is 15.9 Å². The molecular weight excluding hydrogens is 376 g/mol. The van der Waals surface area contributed by atoms with Crippen molar-refractivity contribution in [1.82, 2.24) is 5.32 Å². The summed E-state index contributed by atoms with van der Waals surface area (Å²) in [5, 5.41) is 2.82. The van der Waals surface area contributed by atoms with Crippen LogP contribution in [0.4, 0.5) is 5.69 Å². The van der Waals surface area contributed by atoms with Crippen molar-refractivity contribution in [3.63, 3.8) is 0 Å². The molecule has 150 valence electrons. The van der Waals surface area contributed by atoms with E-state index < -0.39 is 10.0 Å². The van der Waals surface area contributed by atoms with Crippen LogP contribution in [-0.4, -0.2) is 33.5 Å². The predicted molar refractivity (Wildman–Crippen MR) is 109 cm³/mol. The molecule has 1 aliphatic heterocycles. The molecular formula is C21H26N2O4S. The largest absolute Gasteiger partial charge is 0.484 e. The molecule has 0 radical (unpaired) electrons. The zero-order valence-corrected chi connectivity index (χ0v) is 17.0. The van der Waals surface area contributed by atoms with Crippen LogP contribution >= 0.6 is 0 Å². The molecule has 2 aromatic carbocycles. The number of sulfonamides is 1. The SMILES string of the molecule is CC[C@H](C)NC(=O)COc1ccc(S(=O)(=O)N2CCCc3ccccc32)cc1. The van der Waals surface area contributed by atoms with E-state index >= 15 is 0 Å². The molecule has 0 fully saturated rings. The summed E-state index contributed by atoms with van der Waals surface area (Å²) in [5.41, 5.74) is 1.79. The number of para-hydroxylation sites is 1. The van der Waals surface area contributed by atoms with Gasteiger partial charge in [0.15, 0.2) is 6.61 Å². The number of hydrogen-bond acceptors (Lipinski definition) is 4. The minimum atomic E-state index is -3.64. The molecule has 0 saturated heterocycles. The molecule has 28 heavy (non-hydrogen) atoms. The minimum Gasteiger partial charge on any atom is -0.484 e. The lowest BCUT2D eigenvalue weighted by molar-refractivity contribution is -0.123. The molecule has 1 heterocycles. The van der Waals surface area contributed by atoms with Crippen LogP contribution in [0.25, 0.3) is 0 Å². The number of nitrogens with zero attached hydrogens (tertiary/aromatic N) is 1. The van der Waals surface area contributed by atoms with Crippen LogP contribution in [0, 0.1) is 0 Å². The number of amides is 1. The quantitative estimate of drug-likeness (QED) is 0.772. The smallest absolute Gasteiger partial charge is 0.264 e. The van der Waals surface area contributed by atoms with Crippen LogP contribution in [0.15, 0.2) is 53.4 Å². The highest BCUT2D eigenvalue weighted by Gasteiger charge is 2.28. The summed E-state index contributed by atoms with van der Waals surface area (Å²) in [6.45, 7) is 4.28. The standard InChI is InChI=1S/C21H26N2O4S/c1-3-16(2)22-21(24)15-27-18-10-12-19(13-11-18)28(25,26)23-14-6-8-17-7-4-5-9-20(17)23/h4-5,7,9-13,16H,3,6,8,14-15H2,1-2H3,(H,22,24)/t16-/m0/s1. The molecule has 0 spiro atoms. The van der Waals surface area contributed by atoms with E-state index in [2.05, 4.69) is 5.32 Å². The molecule has 0 bridgehead atoms. The second-order valence-corrected chi connectivity index (χ2v) is 8.81. The van der Waals surface area contributed by atoms with Gasteiger partial charge < -0.3 is 10.1 Å². The summed E-state index contributed by atoms with van der Waals surface area (Å²) in [5.74, 6) is 0.258. The Morgan fingerprint density at radius 2 is 1.89 bits per heavy atom. The van der Waals surface area contributed by atoms with Crippen molar-refractivity contribution in [1.29, 1.82) is 0 Å². The van der Waals surface area contributed by atoms with Crippen molar-refractivity contribution in [3.8, 4) is 5.75 Å². The molecule has 0 aliphatic carbocycles. The minimum absolute atomic E-state index is 0.0936. The number of hydrogen-bond donors (Lipinski definition) is 1. The van der Waals surface area contributed by atoms with Gasteiger partial charge in [-0.2, -0.15) is 0 Å². The molecule has 1 N–H and O–H groups in total. The first kappa shape index (κ1) is 20.2. The highest BCUT2D eigenvalue weighted by atomic mass is 32.2. The average molecular weight is 403 g/mol. The van der Waals surface area contributed by atoms with E-state index in [1.54, 1.807) is 12.1 Å². The van der Waals surface area contributed by atoms with Crippen LogP contribution in [0.5, 0.6) is 5.75 Å². The Morgan fingerprint density at radius 3 is 2.61 bits per heavy atom. The van der Waals surface area contributed by atoms with Crippen molar-refractivity contribution in [2.75, 3.05) is 17.5 Å². The number of rotatable bonds is 7. The van der Waals surface area contributed by atoms with Crippen LogP contribution in [0.1, 0.15) is 32.3 Å². The number of fused-ring (bicyclic) bond motifs is 1. The zero-order valence-electron chi connectivity index (χ0n) is 16.2. The Morgan fingerprint density at radius 1 is 1.18 bits per heavy atom. The van der Waals surface area contributed by atoms with E-state index in [9.17, 15) is 13.2 Å². The Labute approximate surface area is 166 Å². The molecule has 3 rings (SSSR count). The Balaban J connectivity index is 1.70. The lowest BCUT2D eigenvalue weighted by Gasteiger charge is -2.30. The highest BCUT2D eigenvalue weighted by Crippen LogP contribution is 2.32. The van der Waals surface area contributed by atoms with E-state index in [1.807, 2.05) is 38.1 Å². The summed E-state index contributed by atoms with van der Waals surface area (Å²) in [7, 11) is -3.64. The summed E-state index contributed by atoms with van der Waals surface area (Å²) < 4.78 is 33.1. The molecule has 0 aromatic heterocycles. The van der Waals surface area contributed by atoms with Gasteiger partial charge in [0.2, 0.25) is 0 Å². The number of carbonyl (C=O) groups is 1. The summed E-state index contributed by atoms with van der Waals surface area (Å²) in [4.78, 5) is 12.0. The fourth-order valence-electron chi connectivity index (χ4n) is 3.15. The second-order valence-electron chi connectivity index (χ2n) is 6.95. The van der Waals surface area contributed by atoms with Crippen molar-refractivity contribution >= 4 is 21.6 Å². The third kappa shape index (κ3) is 4.47. The maximum atomic E-state index is 13.1. The number of carbonyl (C=O) groups excluding carboxylic acids is 1. The maximum absolute atomic E-state index is 13.1. The monoisotopic (exact) mass is 402 g/mol. The van der Waals surface area contributed by atoms with Crippen LogP contribution < -0.4 is 14.4 Å². The van der Waals surface area contributed by atoms with Crippen molar-refractivity contribution in [2.45, 2.75) is 44.0 Å². The molecule has 7 heteroatoms. The summed E-state index contributed by atoms with van der Waals surface area (Å²) in [6, 6.07) is 13.9. The molecule has 0 unspecified atom stereocenters. The van der Waals surface area contributed by atoms with Gasteiger partial charge in [0.05, 0.1) is 10.6 Å². The fraction of sp³-hybridized carbons (Fsp3) is 0.381. The Bertz CT molecular complexity index is 926. The lowest BCUT2D eigenvalue weighted by atomic mass is 10.0. The van der Waals surface area contributed by atoms with Crippen LogP contribution in [0.3, 0.4) is 0 Å². The summed E-state index contributed by atoms with van der Waals surface area (Å²) in [6.07, 6.45) is 2.52. The topological polar surface area (TPSA) is 75.7 Å². The predicted octanol–water partition coefficient (Wildman–Crippen LogP) is 3.12. The van der Waals surface area contributed by atoms with E-state index in [-0.39, 0.29) is 23.5 Å². The van der Waals surface area contributed by atoms with Crippen molar-refractivity contribution < 1.29 is 17.9 Å². The van der Waals surface area contributed by atoms with Crippen LogP contribution in [0.2, 0.25) is 0 Å². The highest BCUT2D eigenvalue weighted by molar-refractivity contribution is 7.92. The van der Waals surface area contributed by atoms with Crippen molar-refractivity contribution in [2.24, 2.45) is 0 Å². The van der Waals surface area contributed by atoms with E-state index in [0.29, 0.717) is 12.3 Å². The van der Waals surface area contributed by atoms with E-state index in [1.165, 1.54) is 16.4 Å². The zero-order chi connectivity index (χ0) is 20.1. The van der Waals surface area contributed by atoms with Gasteiger partial charge in [-0.1, -0.05) is 25.1 Å². The third-order valence-electron chi connectivity index (χ3n) is 4.87. The van der Waals surface area contributed by atoms with Gasteiger partial charge in [0, 0.05) is 12.6 Å². The van der Waals surface area contributed by atoms with Gasteiger partial charge in [0.1, 0.15) is 5.75 Å². The number of aryl methyl sites for hydroxylation is 1. The van der Waals surface area contributed by atoms with Crippen molar-refractivity contribution in [3.05, 3.63) is 54.1 Å². The molecule has 1 atom stereocenters. The number of nitrogens with one attached hydrogen (secondary N) is 1. The van der Waals surface area contributed by atoms with Gasteiger partial charge in [-0.3, -0.25) is 9.10 Å². The first-order valence-corrected chi connectivity index (χ1v) is 11.0. The molecule has 1 aliphatic rings. The first-order valence-electron chi connectivity index (χ1n) is 9.54. The van der Waals surface area contributed by atoms with E-state index in [4.69, 9.17) is 4.74 Å². The normalized spacial score (nSPS) is 14.9. The summed E-state index contributed by atoms with van der Waals surface area (Å²) >= 11 is 0. The number of anilines is 1. The van der Waals surface area contributed by atoms with Gasteiger partial charge >= 0.3 is 0 Å². The average Bonchev–Trinajstić information content (AvgIpc) is 2.72. The van der Waals surface area contributed by atoms with Gasteiger partial charge in [-0.25, -0.2) is 8.42 Å². The van der Waals surface area contributed by atoms with E-state index in [0.717, 1.165) is 30.5 Å².